The van der Waals surface area contributed by atoms with Gasteiger partial charge in [0.15, 0.2) is 28.3 Å². The van der Waals surface area contributed by atoms with Crippen molar-refractivity contribution in [2.24, 2.45) is 0 Å². The number of benzene rings is 4. The summed E-state index contributed by atoms with van der Waals surface area (Å²) in [5.74, 6) is 1.63. The van der Waals surface area contributed by atoms with Crippen molar-refractivity contribution < 1.29 is 19.1 Å². The lowest BCUT2D eigenvalue weighted by atomic mass is 10.1. The van der Waals surface area contributed by atoms with Gasteiger partial charge in [0.05, 0.1) is 20.0 Å². The molecule has 45 heavy (non-hydrogen) atoms. The molecule has 0 saturated heterocycles. The maximum absolute atomic E-state index is 12.9. The molecule has 0 aliphatic heterocycles. The topological polar surface area (TPSA) is 111 Å². The second-order valence-corrected chi connectivity index (χ2v) is 10.9. The molecule has 2 heterocycles. The van der Waals surface area contributed by atoms with Crippen LogP contribution in [0.15, 0.2) is 114 Å². The number of nitrogens with one attached hydrogen (secondary N) is 2. The highest BCUT2D eigenvalue weighted by Crippen LogP contribution is 2.32. The molecule has 2 aromatic heterocycles. The van der Waals surface area contributed by atoms with E-state index < -0.39 is 0 Å². The van der Waals surface area contributed by atoms with Crippen molar-refractivity contribution in [2.75, 3.05) is 25.3 Å². The lowest BCUT2D eigenvalue weighted by Gasteiger charge is -2.10. The van der Waals surface area contributed by atoms with Crippen LogP contribution in [0, 0.1) is 0 Å². The lowest BCUT2D eigenvalue weighted by Crippen LogP contribution is -2.14. The fourth-order valence-corrected chi connectivity index (χ4v) is 5.63. The number of para-hydroxylation sites is 2. The number of anilines is 1. The van der Waals surface area contributed by atoms with Gasteiger partial charge in [0.25, 0.3) is 0 Å². The number of thioether (sulfide) groups is 1. The van der Waals surface area contributed by atoms with E-state index in [0.29, 0.717) is 33.7 Å². The molecular formula is C35H29N5O4S. The van der Waals surface area contributed by atoms with Gasteiger partial charge < -0.3 is 19.8 Å². The van der Waals surface area contributed by atoms with Gasteiger partial charge in [-0.1, -0.05) is 60.3 Å². The van der Waals surface area contributed by atoms with Crippen molar-refractivity contribution in [3.8, 4) is 28.6 Å². The number of aromatic nitrogens is 4. The molecule has 6 aromatic rings. The Labute approximate surface area is 263 Å². The van der Waals surface area contributed by atoms with Crippen molar-refractivity contribution in [3.63, 3.8) is 0 Å². The van der Waals surface area contributed by atoms with E-state index in [1.54, 1.807) is 56.7 Å². The first-order valence-corrected chi connectivity index (χ1v) is 15.1. The minimum absolute atomic E-state index is 0.119. The number of allylic oxidation sites excluding steroid dienone is 1. The maximum atomic E-state index is 12.9. The van der Waals surface area contributed by atoms with E-state index >= 15 is 0 Å². The van der Waals surface area contributed by atoms with E-state index in [9.17, 15) is 9.59 Å². The molecule has 0 saturated carbocycles. The number of ether oxygens (including phenoxy) is 2. The quantitative estimate of drug-likeness (QED) is 0.0912. The van der Waals surface area contributed by atoms with Crippen LogP contribution in [0.5, 0.6) is 11.5 Å². The number of amides is 1. The number of methoxy groups -OCH3 is 2. The highest BCUT2D eigenvalue weighted by atomic mass is 32.2. The fourth-order valence-electron chi connectivity index (χ4n) is 4.87. The van der Waals surface area contributed by atoms with Crippen LogP contribution in [0.3, 0.4) is 0 Å². The van der Waals surface area contributed by atoms with Crippen LogP contribution in [0.4, 0.5) is 5.69 Å². The third-order valence-corrected chi connectivity index (χ3v) is 8.03. The minimum Gasteiger partial charge on any atom is -0.493 e. The molecule has 6 rings (SSSR count). The standard InChI is InChI=1S/C35H29N5O4S/c1-43-31-19-13-23(20-32(31)44-2)12-18-30(41)24-14-16-25(17-15-24)37-33(42)22-45-35-39-38-34(40(35)26-8-4-3-5-9-26)28-21-36-29-11-7-6-10-27(28)29/h3-21,36H,22H2,1-2H3,(H,37,42)/b18-12+. The Hall–Kier alpha value is -5.61. The Balaban J connectivity index is 1.12. The van der Waals surface area contributed by atoms with E-state index in [1.165, 1.54) is 17.8 Å². The van der Waals surface area contributed by atoms with E-state index in [0.717, 1.165) is 27.7 Å². The predicted molar refractivity (Wildman–Crippen MR) is 177 cm³/mol. The van der Waals surface area contributed by atoms with Gasteiger partial charge in [0.1, 0.15) is 0 Å². The van der Waals surface area contributed by atoms with Crippen LogP contribution in [-0.2, 0) is 4.79 Å². The van der Waals surface area contributed by atoms with E-state index in [1.807, 2.05) is 71.4 Å². The zero-order valence-corrected chi connectivity index (χ0v) is 25.4. The molecule has 10 heteroatoms. The zero-order chi connectivity index (χ0) is 31.2. The molecule has 0 radical (unpaired) electrons. The number of ketones is 1. The van der Waals surface area contributed by atoms with Crippen molar-refractivity contribution in [1.29, 1.82) is 0 Å². The summed E-state index contributed by atoms with van der Waals surface area (Å²) in [5, 5.41) is 13.5. The van der Waals surface area contributed by atoms with Crippen LogP contribution >= 0.6 is 11.8 Å². The number of hydrogen-bond acceptors (Lipinski definition) is 7. The second-order valence-electron chi connectivity index (χ2n) is 9.95. The molecule has 2 N–H and O–H groups in total. The van der Waals surface area contributed by atoms with Crippen molar-refractivity contribution in [1.82, 2.24) is 19.7 Å². The Morgan fingerprint density at radius 1 is 0.889 bits per heavy atom. The van der Waals surface area contributed by atoms with Crippen LogP contribution < -0.4 is 14.8 Å². The summed E-state index contributed by atoms with van der Waals surface area (Å²) in [6.07, 6.45) is 5.14. The molecular weight excluding hydrogens is 586 g/mol. The van der Waals surface area contributed by atoms with Gasteiger partial charge in [-0.05, 0) is 66.2 Å². The molecule has 0 spiro atoms. The number of nitrogens with zero attached hydrogens (tertiary/aromatic N) is 3. The summed E-state index contributed by atoms with van der Waals surface area (Å²) in [5.41, 5.74) is 4.71. The average molecular weight is 616 g/mol. The van der Waals surface area contributed by atoms with Crippen LogP contribution in [0.2, 0.25) is 0 Å². The predicted octanol–water partition coefficient (Wildman–Crippen LogP) is 7.06. The monoisotopic (exact) mass is 615 g/mol. The Morgan fingerprint density at radius 2 is 1.64 bits per heavy atom. The van der Waals surface area contributed by atoms with Gasteiger partial charge in [-0.15, -0.1) is 10.2 Å². The number of hydrogen-bond donors (Lipinski definition) is 2. The Morgan fingerprint density at radius 3 is 2.42 bits per heavy atom. The van der Waals surface area contributed by atoms with E-state index in [2.05, 4.69) is 20.5 Å². The Kier molecular flexibility index (Phi) is 8.74. The SMILES string of the molecule is COc1ccc(/C=C/C(=O)c2ccc(NC(=O)CSc3nnc(-c4c[nH]c5ccccc45)n3-c3ccccc3)cc2)cc1OC. The molecule has 0 aliphatic rings. The second kappa shape index (κ2) is 13.4. The molecule has 0 fully saturated rings. The summed E-state index contributed by atoms with van der Waals surface area (Å²) in [7, 11) is 3.14. The van der Waals surface area contributed by atoms with Crippen molar-refractivity contribution in [3.05, 3.63) is 120 Å². The maximum Gasteiger partial charge on any atom is 0.234 e. The highest BCUT2D eigenvalue weighted by Gasteiger charge is 2.19. The molecule has 9 nitrogen and oxygen atoms in total. The summed E-state index contributed by atoms with van der Waals surface area (Å²) in [6, 6.07) is 30.1. The smallest absolute Gasteiger partial charge is 0.234 e. The number of carbonyl (C=O) groups is 2. The zero-order valence-electron chi connectivity index (χ0n) is 24.6. The van der Waals surface area contributed by atoms with Gasteiger partial charge in [-0.3, -0.25) is 14.2 Å². The first-order valence-electron chi connectivity index (χ1n) is 14.1. The van der Waals surface area contributed by atoms with Crippen molar-refractivity contribution in [2.45, 2.75) is 5.16 Å². The van der Waals surface area contributed by atoms with Gasteiger partial charge in [-0.25, -0.2) is 0 Å². The number of fused-ring (bicyclic) bond motifs is 1. The first kappa shape index (κ1) is 29.5. The molecule has 1 amide bonds. The number of carbonyl (C=O) groups excluding carboxylic acids is 2. The third kappa shape index (κ3) is 6.51. The number of aromatic amines is 1. The van der Waals surface area contributed by atoms with Gasteiger partial charge >= 0.3 is 0 Å². The highest BCUT2D eigenvalue weighted by molar-refractivity contribution is 7.99. The molecule has 4 aromatic carbocycles. The van der Waals surface area contributed by atoms with E-state index in [-0.39, 0.29) is 17.4 Å². The average Bonchev–Trinajstić information content (AvgIpc) is 3.71. The first-order chi connectivity index (χ1) is 22.0. The fraction of sp³-hybridized carbons (Fsp3) is 0.0857. The lowest BCUT2D eigenvalue weighted by molar-refractivity contribution is -0.113. The molecule has 224 valence electrons. The van der Waals surface area contributed by atoms with Crippen LogP contribution in [-0.4, -0.2) is 51.4 Å². The summed E-state index contributed by atoms with van der Waals surface area (Å²) in [6.45, 7) is 0. The van der Waals surface area contributed by atoms with Gasteiger partial charge in [0, 0.05) is 39.6 Å². The Bertz CT molecular complexity index is 2000. The molecule has 0 bridgehead atoms. The van der Waals surface area contributed by atoms with E-state index in [4.69, 9.17) is 9.47 Å². The summed E-state index contributed by atoms with van der Waals surface area (Å²) >= 11 is 1.30. The molecule has 0 aliphatic carbocycles. The number of H-pyrrole nitrogens is 1. The van der Waals surface area contributed by atoms with Gasteiger partial charge in [0.2, 0.25) is 5.91 Å². The molecule has 0 unspecified atom stereocenters. The summed E-state index contributed by atoms with van der Waals surface area (Å²) < 4.78 is 12.5. The molecule has 0 atom stereocenters. The van der Waals surface area contributed by atoms with Crippen molar-refractivity contribution >= 4 is 46.1 Å². The number of rotatable bonds is 11. The van der Waals surface area contributed by atoms with Gasteiger partial charge in [-0.2, -0.15) is 0 Å². The minimum atomic E-state index is -0.205. The van der Waals surface area contributed by atoms with Crippen LogP contribution in [0.1, 0.15) is 15.9 Å². The third-order valence-electron chi connectivity index (χ3n) is 7.10. The normalized spacial score (nSPS) is 11.2. The van der Waals surface area contributed by atoms with Crippen LogP contribution in [0.25, 0.3) is 34.1 Å². The largest absolute Gasteiger partial charge is 0.493 e. The summed E-state index contributed by atoms with van der Waals surface area (Å²) in [4.78, 5) is 29.0.